The van der Waals surface area contributed by atoms with E-state index >= 15 is 0 Å². The van der Waals surface area contributed by atoms with Gasteiger partial charge in [0.25, 0.3) is 5.91 Å². The number of ether oxygens (including phenoxy) is 1. The molecule has 0 radical (unpaired) electrons. The molecular formula is C26H30ClN9O4. The number of urea groups is 1. The predicted octanol–water partition coefficient (Wildman–Crippen LogP) is 2.53. The highest BCUT2D eigenvalue weighted by atomic mass is 35.5. The quantitative estimate of drug-likeness (QED) is 0.251. The molecule has 2 aromatic heterocycles. The molecule has 0 spiro atoms. The van der Waals surface area contributed by atoms with Crippen LogP contribution in [-0.4, -0.2) is 81.5 Å². The first-order chi connectivity index (χ1) is 19.1. The van der Waals surface area contributed by atoms with E-state index in [1.807, 2.05) is 19.1 Å². The Hall–Kier alpha value is -4.33. The van der Waals surface area contributed by atoms with E-state index < -0.39 is 6.03 Å². The van der Waals surface area contributed by atoms with Crippen LogP contribution in [0, 0.1) is 0 Å². The van der Waals surface area contributed by atoms with Crippen molar-refractivity contribution in [2.24, 2.45) is 0 Å². The Kier molecular flexibility index (Phi) is 9.43. The smallest absolute Gasteiger partial charge is 0.323 e. The van der Waals surface area contributed by atoms with E-state index in [4.69, 9.17) is 19.8 Å². The van der Waals surface area contributed by atoms with Crippen LogP contribution in [-0.2, 0) is 11.3 Å². The Morgan fingerprint density at radius 3 is 2.25 bits per heavy atom. The van der Waals surface area contributed by atoms with E-state index in [2.05, 4.69) is 31.2 Å². The van der Waals surface area contributed by atoms with Gasteiger partial charge in [0.2, 0.25) is 0 Å². The molecule has 3 heterocycles. The van der Waals surface area contributed by atoms with Gasteiger partial charge < -0.3 is 30.7 Å². The number of morpholine rings is 1. The number of aryl methyl sites for hydroxylation is 1. The molecular weight excluding hydrogens is 538 g/mol. The Bertz CT molecular complexity index is 1460. The normalized spacial score (nSPS) is 13.0. The average Bonchev–Trinajstić information content (AvgIpc) is 3.40. The van der Waals surface area contributed by atoms with Crippen molar-refractivity contribution in [3.63, 3.8) is 0 Å². The number of fused-ring (bicyclic) bond motifs is 1. The highest BCUT2D eigenvalue weighted by Crippen LogP contribution is 2.27. The molecule has 1 aliphatic heterocycles. The van der Waals surface area contributed by atoms with Crippen LogP contribution in [0.15, 0.2) is 48.5 Å². The molecule has 4 N–H and O–H groups in total. The lowest BCUT2D eigenvalue weighted by Gasteiger charge is -2.27. The summed E-state index contributed by atoms with van der Waals surface area (Å²) in [5.74, 6) is 0.979. The van der Waals surface area contributed by atoms with Crippen LogP contribution in [0.1, 0.15) is 17.3 Å². The van der Waals surface area contributed by atoms with Gasteiger partial charge in [0.15, 0.2) is 22.8 Å². The minimum Gasteiger partial charge on any atom is -0.395 e. The molecule has 210 valence electrons. The summed E-state index contributed by atoms with van der Waals surface area (Å²) in [5.41, 5.74) is 3.67. The van der Waals surface area contributed by atoms with Crippen LogP contribution >= 0.6 is 12.4 Å². The van der Waals surface area contributed by atoms with E-state index in [1.54, 1.807) is 41.1 Å². The second-order valence-electron chi connectivity index (χ2n) is 8.76. The zero-order chi connectivity index (χ0) is 27.2. The lowest BCUT2D eigenvalue weighted by atomic mass is 10.2. The van der Waals surface area contributed by atoms with Crippen molar-refractivity contribution in [2.45, 2.75) is 13.5 Å². The van der Waals surface area contributed by atoms with Gasteiger partial charge in [-0.3, -0.25) is 4.79 Å². The number of anilines is 3. The van der Waals surface area contributed by atoms with Crippen molar-refractivity contribution in [3.8, 4) is 11.4 Å². The molecule has 0 aliphatic carbocycles. The summed E-state index contributed by atoms with van der Waals surface area (Å²) in [6.45, 7) is 5.32. The number of aliphatic hydroxyl groups excluding tert-OH is 1. The number of aromatic nitrogens is 5. The average molecular weight is 568 g/mol. The van der Waals surface area contributed by atoms with Gasteiger partial charge in [0, 0.05) is 48.7 Å². The van der Waals surface area contributed by atoms with Gasteiger partial charge in [0.05, 0.1) is 19.8 Å². The highest BCUT2D eigenvalue weighted by Gasteiger charge is 2.21. The summed E-state index contributed by atoms with van der Waals surface area (Å²) in [5, 5.41) is 25.5. The summed E-state index contributed by atoms with van der Waals surface area (Å²) in [4.78, 5) is 36.2. The lowest BCUT2D eigenvalue weighted by Crippen LogP contribution is -2.37. The van der Waals surface area contributed by atoms with Crippen LogP contribution in [0.5, 0.6) is 0 Å². The first-order valence-electron chi connectivity index (χ1n) is 12.7. The molecule has 5 rings (SSSR count). The minimum atomic E-state index is -0.426. The van der Waals surface area contributed by atoms with E-state index in [1.165, 1.54) is 0 Å². The summed E-state index contributed by atoms with van der Waals surface area (Å²) in [7, 11) is 0. The molecule has 1 saturated heterocycles. The first-order valence-corrected chi connectivity index (χ1v) is 12.7. The third-order valence-electron chi connectivity index (χ3n) is 6.16. The fourth-order valence-electron chi connectivity index (χ4n) is 4.15. The number of halogens is 1. The molecule has 1 aliphatic rings. The second-order valence-corrected chi connectivity index (χ2v) is 8.76. The van der Waals surface area contributed by atoms with E-state index in [-0.39, 0.29) is 31.5 Å². The monoisotopic (exact) mass is 567 g/mol. The topological polar surface area (TPSA) is 159 Å². The fourth-order valence-corrected chi connectivity index (χ4v) is 4.15. The fraction of sp³-hybridized carbons (Fsp3) is 0.308. The molecule has 13 nitrogen and oxygen atoms in total. The molecule has 1 fully saturated rings. The van der Waals surface area contributed by atoms with Gasteiger partial charge in [-0.15, -0.1) is 17.5 Å². The number of hydrogen-bond acceptors (Lipinski definition) is 9. The van der Waals surface area contributed by atoms with Crippen molar-refractivity contribution in [1.29, 1.82) is 0 Å². The van der Waals surface area contributed by atoms with Crippen molar-refractivity contribution in [3.05, 3.63) is 54.1 Å². The van der Waals surface area contributed by atoms with E-state index in [0.717, 1.165) is 11.4 Å². The molecule has 0 unspecified atom stereocenters. The standard InChI is InChI=1S/C26H29N9O4.ClH/c1-2-35-24-21(32-33-35)23(34-12-15-39-16-13-34)30-22(31-24)17-3-7-19(8-4-17)28-26(38)29-20-9-5-18(6-10-20)25(37)27-11-14-36;/h3-10,36H,2,11-16H2,1H3,(H,27,37)(H2,28,29,38);1H. The van der Waals surface area contributed by atoms with Gasteiger partial charge in [-0.1, -0.05) is 5.21 Å². The molecule has 3 amide bonds. The second kappa shape index (κ2) is 13.2. The van der Waals surface area contributed by atoms with Crippen LogP contribution in [0.4, 0.5) is 22.0 Å². The predicted molar refractivity (Wildman–Crippen MR) is 153 cm³/mol. The number of carbonyl (C=O) groups excluding carboxylic acids is 2. The van der Waals surface area contributed by atoms with Crippen LogP contribution in [0.2, 0.25) is 0 Å². The summed E-state index contributed by atoms with van der Waals surface area (Å²) < 4.78 is 7.24. The summed E-state index contributed by atoms with van der Waals surface area (Å²) >= 11 is 0. The van der Waals surface area contributed by atoms with E-state index in [9.17, 15) is 9.59 Å². The maximum absolute atomic E-state index is 12.5. The Labute approximate surface area is 236 Å². The van der Waals surface area contributed by atoms with Gasteiger partial charge >= 0.3 is 6.03 Å². The SMILES string of the molecule is CCn1nnc2c(N3CCOCC3)nc(-c3ccc(NC(=O)Nc4ccc(C(=O)NCCO)cc4)cc3)nc21.Cl. The molecule has 14 heteroatoms. The third kappa shape index (κ3) is 6.45. The number of amides is 3. The van der Waals surface area contributed by atoms with Crippen molar-refractivity contribution in [2.75, 3.05) is 55.0 Å². The summed E-state index contributed by atoms with van der Waals surface area (Å²) in [6.07, 6.45) is 0. The number of aliphatic hydroxyl groups is 1. The maximum atomic E-state index is 12.5. The van der Waals surface area contributed by atoms with Gasteiger partial charge in [0.1, 0.15) is 0 Å². The number of carbonyl (C=O) groups is 2. The van der Waals surface area contributed by atoms with Gasteiger partial charge in [-0.2, -0.15) is 0 Å². The van der Waals surface area contributed by atoms with E-state index in [0.29, 0.717) is 66.8 Å². The van der Waals surface area contributed by atoms with Crippen LogP contribution in [0.3, 0.4) is 0 Å². The van der Waals surface area contributed by atoms with Gasteiger partial charge in [-0.25, -0.2) is 19.4 Å². The highest BCUT2D eigenvalue weighted by molar-refractivity contribution is 6.00. The number of benzene rings is 2. The largest absolute Gasteiger partial charge is 0.395 e. The lowest BCUT2D eigenvalue weighted by molar-refractivity contribution is 0.0944. The molecule has 0 saturated carbocycles. The van der Waals surface area contributed by atoms with Gasteiger partial charge in [-0.05, 0) is 55.5 Å². The molecule has 0 atom stereocenters. The Morgan fingerprint density at radius 2 is 1.62 bits per heavy atom. The number of nitrogens with zero attached hydrogens (tertiary/aromatic N) is 6. The third-order valence-corrected chi connectivity index (χ3v) is 6.16. The van der Waals surface area contributed by atoms with Crippen molar-refractivity contribution < 1.29 is 19.4 Å². The minimum absolute atomic E-state index is 0. The number of hydrogen-bond donors (Lipinski definition) is 4. The Morgan fingerprint density at radius 1 is 0.975 bits per heavy atom. The molecule has 4 aromatic rings. The zero-order valence-corrected chi connectivity index (χ0v) is 22.6. The Balaban J connectivity index is 0.00000370. The molecule has 2 aromatic carbocycles. The van der Waals surface area contributed by atoms with Crippen LogP contribution < -0.4 is 20.9 Å². The zero-order valence-electron chi connectivity index (χ0n) is 21.8. The number of rotatable bonds is 8. The first kappa shape index (κ1) is 28.7. The van der Waals surface area contributed by atoms with Crippen LogP contribution in [0.25, 0.3) is 22.6 Å². The number of nitrogens with one attached hydrogen (secondary N) is 3. The van der Waals surface area contributed by atoms with Crippen molar-refractivity contribution >= 4 is 52.7 Å². The maximum Gasteiger partial charge on any atom is 0.323 e. The summed E-state index contributed by atoms with van der Waals surface area (Å²) in [6, 6.07) is 13.3. The van der Waals surface area contributed by atoms with Crippen molar-refractivity contribution in [1.82, 2.24) is 30.3 Å². The molecule has 0 bridgehead atoms. The molecule has 40 heavy (non-hydrogen) atoms.